The Bertz CT molecular complexity index is 638. The molecule has 5 nitrogen and oxygen atoms in total. The summed E-state index contributed by atoms with van der Waals surface area (Å²) in [5, 5.41) is 25.4. The van der Waals surface area contributed by atoms with Crippen molar-refractivity contribution in [1.29, 1.82) is 0 Å². The molecule has 0 aliphatic rings. The van der Waals surface area contributed by atoms with E-state index in [9.17, 15) is 18.3 Å². The predicted octanol–water partition coefficient (Wildman–Crippen LogP) is 2.14. The van der Waals surface area contributed by atoms with Crippen molar-refractivity contribution in [3.05, 3.63) is 41.2 Å². The molecule has 0 unspecified atom stereocenters. The van der Waals surface area contributed by atoms with Gasteiger partial charge in [0, 0.05) is 31.8 Å². The molecule has 0 saturated carbocycles. The third-order valence-electron chi connectivity index (χ3n) is 2.91. The van der Waals surface area contributed by atoms with Crippen LogP contribution in [0.5, 0.6) is 11.5 Å². The number of rotatable bonds is 4. The van der Waals surface area contributed by atoms with Gasteiger partial charge in [0.25, 0.3) is 0 Å². The molecule has 1 heterocycles. The molecule has 0 atom stereocenters. The second-order valence-corrected chi connectivity index (χ2v) is 4.56. The largest absolute Gasteiger partial charge is 0.508 e. The summed E-state index contributed by atoms with van der Waals surface area (Å²) >= 11 is 0. The predicted molar refractivity (Wildman–Crippen MR) is 68.5 cm³/mol. The minimum Gasteiger partial charge on any atom is -0.508 e. The summed E-state index contributed by atoms with van der Waals surface area (Å²) < 4.78 is 38.6. The first-order chi connectivity index (χ1) is 9.77. The van der Waals surface area contributed by atoms with Crippen molar-refractivity contribution in [2.24, 2.45) is 7.05 Å². The summed E-state index contributed by atoms with van der Waals surface area (Å²) in [6, 6.07) is 5.11. The van der Waals surface area contributed by atoms with E-state index in [4.69, 9.17) is 5.11 Å². The van der Waals surface area contributed by atoms with Crippen LogP contribution in [0.15, 0.2) is 24.3 Å². The van der Waals surface area contributed by atoms with Crippen molar-refractivity contribution < 1.29 is 23.4 Å². The Morgan fingerprint density at radius 1 is 1.19 bits per heavy atom. The van der Waals surface area contributed by atoms with Crippen LogP contribution in [0, 0.1) is 0 Å². The molecule has 8 heteroatoms. The van der Waals surface area contributed by atoms with E-state index < -0.39 is 11.9 Å². The Morgan fingerprint density at radius 2 is 1.90 bits per heavy atom. The summed E-state index contributed by atoms with van der Waals surface area (Å²) in [4.78, 5) is 0. The van der Waals surface area contributed by atoms with E-state index in [0.29, 0.717) is 5.56 Å². The lowest BCUT2D eigenvalue weighted by atomic mass is 10.2. The zero-order valence-corrected chi connectivity index (χ0v) is 11.1. The molecule has 21 heavy (non-hydrogen) atoms. The molecule has 0 saturated heterocycles. The van der Waals surface area contributed by atoms with Crippen LogP contribution < -0.4 is 5.32 Å². The maximum Gasteiger partial charge on any atom is 0.433 e. The molecule has 0 bridgehead atoms. The first-order valence-corrected chi connectivity index (χ1v) is 6.09. The van der Waals surface area contributed by atoms with Gasteiger partial charge in [-0.05, 0) is 12.1 Å². The lowest BCUT2D eigenvalue weighted by molar-refractivity contribution is -0.143. The van der Waals surface area contributed by atoms with Gasteiger partial charge < -0.3 is 15.5 Å². The topological polar surface area (TPSA) is 70.3 Å². The second-order valence-electron chi connectivity index (χ2n) is 4.56. The number of hydrogen-bond acceptors (Lipinski definition) is 4. The minimum atomic E-state index is -4.44. The van der Waals surface area contributed by atoms with E-state index in [1.165, 1.54) is 25.2 Å². The first kappa shape index (κ1) is 15.2. The Hall–Kier alpha value is -2.22. The molecule has 2 aromatic rings. The molecule has 0 aliphatic carbocycles. The lowest BCUT2D eigenvalue weighted by Crippen LogP contribution is -2.13. The van der Waals surface area contributed by atoms with Crippen LogP contribution in [0.2, 0.25) is 0 Å². The van der Waals surface area contributed by atoms with Crippen molar-refractivity contribution in [3.8, 4) is 11.5 Å². The van der Waals surface area contributed by atoms with E-state index in [1.807, 2.05) is 0 Å². The van der Waals surface area contributed by atoms with E-state index in [2.05, 4.69) is 10.4 Å². The molecule has 0 spiro atoms. The molecule has 2 rings (SSSR count). The maximum absolute atomic E-state index is 12.6. The molecule has 0 fully saturated rings. The Balaban J connectivity index is 1.98. The lowest BCUT2D eigenvalue weighted by Gasteiger charge is -2.05. The Labute approximate surface area is 118 Å². The number of aryl methyl sites for hydroxylation is 1. The van der Waals surface area contributed by atoms with Crippen molar-refractivity contribution in [3.63, 3.8) is 0 Å². The maximum atomic E-state index is 12.6. The summed E-state index contributed by atoms with van der Waals surface area (Å²) in [5.74, 6) is -0.143. The monoisotopic (exact) mass is 301 g/mol. The van der Waals surface area contributed by atoms with E-state index in [-0.39, 0.29) is 30.3 Å². The Kier molecular flexibility index (Phi) is 4.08. The fourth-order valence-electron chi connectivity index (χ4n) is 1.91. The normalized spacial score (nSPS) is 11.8. The van der Waals surface area contributed by atoms with Crippen molar-refractivity contribution in [2.75, 3.05) is 0 Å². The van der Waals surface area contributed by atoms with Crippen molar-refractivity contribution in [1.82, 2.24) is 15.1 Å². The molecule has 0 radical (unpaired) electrons. The van der Waals surface area contributed by atoms with E-state index >= 15 is 0 Å². The van der Waals surface area contributed by atoms with Gasteiger partial charge >= 0.3 is 6.18 Å². The summed E-state index contributed by atoms with van der Waals surface area (Å²) in [6.07, 6.45) is -4.44. The van der Waals surface area contributed by atoms with Crippen LogP contribution >= 0.6 is 0 Å². The molecular formula is C13H14F3N3O2. The van der Waals surface area contributed by atoms with Crippen LogP contribution in [-0.2, 0) is 26.3 Å². The average Bonchev–Trinajstić information content (AvgIpc) is 2.73. The number of halogens is 3. The molecular weight excluding hydrogens is 287 g/mol. The van der Waals surface area contributed by atoms with Gasteiger partial charge in [0.05, 0.1) is 5.69 Å². The van der Waals surface area contributed by atoms with Gasteiger partial charge in [0.15, 0.2) is 0 Å². The van der Waals surface area contributed by atoms with Gasteiger partial charge in [-0.3, -0.25) is 4.68 Å². The quantitative estimate of drug-likeness (QED) is 0.809. The number of alkyl halides is 3. The Morgan fingerprint density at radius 3 is 2.48 bits per heavy atom. The minimum absolute atomic E-state index is 0.0594. The number of nitrogens with one attached hydrogen (secondary N) is 1. The van der Waals surface area contributed by atoms with Gasteiger partial charge in [-0.25, -0.2) is 0 Å². The van der Waals surface area contributed by atoms with Crippen molar-refractivity contribution in [2.45, 2.75) is 19.3 Å². The highest BCUT2D eigenvalue weighted by molar-refractivity contribution is 5.38. The van der Waals surface area contributed by atoms with Crippen LogP contribution in [0.1, 0.15) is 17.0 Å². The van der Waals surface area contributed by atoms with Crippen LogP contribution in [0.4, 0.5) is 13.2 Å². The standard InChI is InChI=1S/C13H14F3N3O2/c1-19-12(13(14,15)16)4-9(18-19)7-17-6-8-2-3-10(20)5-11(8)21/h2-5,17,20-21H,6-7H2,1H3. The third kappa shape index (κ3) is 3.66. The molecule has 1 aromatic heterocycles. The van der Waals surface area contributed by atoms with Gasteiger partial charge in [-0.2, -0.15) is 18.3 Å². The average molecular weight is 301 g/mol. The number of phenols is 2. The fourth-order valence-corrected chi connectivity index (χ4v) is 1.91. The number of nitrogens with zero attached hydrogens (tertiary/aromatic N) is 2. The number of benzene rings is 1. The molecule has 114 valence electrons. The number of phenolic OH excluding ortho intramolecular Hbond substituents is 2. The van der Waals surface area contributed by atoms with Gasteiger partial charge in [-0.1, -0.05) is 6.07 Å². The van der Waals surface area contributed by atoms with Gasteiger partial charge in [0.1, 0.15) is 17.2 Å². The molecule has 0 amide bonds. The second kappa shape index (κ2) is 5.65. The van der Waals surface area contributed by atoms with E-state index in [1.54, 1.807) is 0 Å². The fraction of sp³-hybridized carbons (Fsp3) is 0.308. The van der Waals surface area contributed by atoms with E-state index in [0.717, 1.165) is 10.7 Å². The summed E-state index contributed by atoms with van der Waals surface area (Å²) in [6.45, 7) is 0.369. The molecule has 1 aromatic carbocycles. The van der Waals surface area contributed by atoms with Crippen molar-refractivity contribution >= 4 is 0 Å². The zero-order valence-electron chi connectivity index (χ0n) is 11.1. The van der Waals surface area contributed by atoms with Crippen LogP contribution in [-0.4, -0.2) is 20.0 Å². The SMILES string of the molecule is Cn1nc(CNCc2ccc(O)cc2O)cc1C(F)(F)F. The zero-order chi connectivity index (χ0) is 15.6. The number of aromatic hydroxyl groups is 2. The number of hydrogen-bond donors (Lipinski definition) is 3. The first-order valence-electron chi connectivity index (χ1n) is 6.09. The molecule has 3 N–H and O–H groups in total. The van der Waals surface area contributed by atoms with Gasteiger partial charge in [-0.15, -0.1) is 0 Å². The van der Waals surface area contributed by atoms with Crippen LogP contribution in [0.3, 0.4) is 0 Å². The summed E-state index contributed by atoms with van der Waals surface area (Å²) in [5.41, 5.74) is -0.0327. The highest BCUT2D eigenvalue weighted by Crippen LogP contribution is 2.29. The van der Waals surface area contributed by atoms with Crippen LogP contribution in [0.25, 0.3) is 0 Å². The third-order valence-corrected chi connectivity index (χ3v) is 2.91. The number of aromatic nitrogens is 2. The molecule has 0 aliphatic heterocycles. The summed E-state index contributed by atoms with van der Waals surface area (Å²) in [7, 11) is 1.23. The van der Waals surface area contributed by atoms with Gasteiger partial charge in [0.2, 0.25) is 0 Å². The highest BCUT2D eigenvalue weighted by Gasteiger charge is 2.34. The smallest absolute Gasteiger partial charge is 0.433 e. The highest BCUT2D eigenvalue weighted by atomic mass is 19.4.